The first-order valence-electron chi connectivity index (χ1n) is 10.6. The predicted molar refractivity (Wildman–Crippen MR) is 126 cm³/mol. The first-order chi connectivity index (χ1) is 15.2. The second-order valence-corrected chi connectivity index (χ2v) is 10.5. The van der Waals surface area contributed by atoms with Crippen LogP contribution in [0.3, 0.4) is 0 Å². The maximum Gasteiger partial charge on any atom is 0.234 e. The van der Waals surface area contributed by atoms with Crippen LogP contribution in [0.1, 0.15) is 47.9 Å². The number of amides is 1. The van der Waals surface area contributed by atoms with Gasteiger partial charge in [-0.25, -0.2) is 4.98 Å². The van der Waals surface area contributed by atoms with E-state index in [1.807, 2.05) is 23.5 Å². The summed E-state index contributed by atoms with van der Waals surface area (Å²) in [5.41, 5.74) is 2.93. The minimum absolute atomic E-state index is 0.121. The topological polar surface area (TPSA) is 72.2 Å². The second-order valence-electron chi connectivity index (χ2n) is 8.09. The summed E-state index contributed by atoms with van der Waals surface area (Å²) in [5.74, 6) is 1.61. The Hall–Kier alpha value is -2.16. The molecule has 1 aromatic carbocycles. The summed E-state index contributed by atoms with van der Waals surface area (Å²) in [6.07, 6.45) is 6.99. The van der Waals surface area contributed by atoms with Crippen LogP contribution in [0.25, 0.3) is 15.9 Å². The van der Waals surface area contributed by atoms with Crippen LogP contribution in [0.5, 0.6) is 0 Å². The first-order valence-corrected chi connectivity index (χ1v) is 12.7. The fraction of sp³-hybridized carbons (Fsp3) is 0.364. The zero-order valence-corrected chi connectivity index (χ0v) is 19.1. The van der Waals surface area contributed by atoms with Crippen LogP contribution < -0.4 is 5.32 Å². The number of benzene rings is 1. The third kappa shape index (κ3) is 3.50. The number of aryl methyl sites for hydroxylation is 2. The number of anilines is 1. The van der Waals surface area contributed by atoms with Crippen LogP contribution in [0.15, 0.2) is 29.4 Å². The number of hydrogen-bond donors (Lipinski definition) is 1. The highest BCUT2D eigenvalue weighted by atomic mass is 35.5. The molecule has 0 unspecified atom stereocenters. The normalized spacial score (nSPS) is 16.0. The van der Waals surface area contributed by atoms with Gasteiger partial charge >= 0.3 is 0 Å². The number of thiophene rings is 1. The van der Waals surface area contributed by atoms with E-state index >= 15 is 0 Å². The Bertz CT molecular complexity index is 1330. The molecule has 0 radical (unpaired) electrons. The van der Waals surface area contributed by atoms with Gasteiger partial charge in [-0.3, -0.25) is 9.20 Å². The highest BCUT2D eigenvalue weighted by Crippen LogP contribution is 2.44. The van der Waals surface area contributed by atoms with Crippen LogP contribution in [0.4, 0.5) is 5.69 Å². The summed E-state index contributed by atoms with van der Waals surface area (Å²) >= 11 is 9.38. The maximum atomic E-state index is 12.5. The van der Waals surface area contributed by atoms with E-state index in [0.29, 0.717) is 16.6 Å². The van der Waals surface area contributed by atoms with Crippen molar-refractivity contribution in [3.8, 4) is 0 Å². The molecule has 1 N–H and O–H groups in total. The average Bonchev–Trinajstić information content (AvgIpc) is 3.43. The van der Waals surface area contributed by atoms with Crippen LogP contribution in [0, 0.1) is 0 Å². The molecule has 6 rings (SSSR count). The van der Waals surface area contributed by atoms with Crippen LogP contribution >= 0.6 is 34.7 Å². The molecular formula is C22H20ClN5OS2. The van der Waals surface area contributed by atoms with E-state index in [1.54, 1.807) is 12.1 Å². The smallest absolute Gasteiger partial charge is 0.234 e. The van der Waals surface area contributed by atoms with Crippen molar-refractivity contribution in [3.63, 3.8) is 0 Å². The number of nitrogens with one attached hydrogen (secondary N) is 1. The van der Waals surface area contributed by atoms with Gasteiger partial charge in [0, 0.05) is 10.8 Å². The van der Waals surface area contributed by atoms with Gasteiger partial charge in [0.25, 0.3) is 0 Å². The van der Waals surface area contributed by atoms with Crippen LogP contribution in [-0.4, -0.2) is 31.2 Å². The van der Waals surface area contributed by atoms with E-state index in [9.17, 15) is 4.79 Å². The van der Waals surface area contributed by atoms with Crippen LogP contribution in [-0.2, 0) is 17.6 Å². The number of thioether (sulfide) groups is 1. The molecule has 31 heavy (non-hydrogen) atoms. The summed E-state index contributed by atoms with van der Waals surface area (Å²) in [5, 5.41) is 14.4. The highest BCUT2D eigenvalue weighted by Gasteiger charge is 2.32. The van der Waals surface area contributed by atoms with Crippen molar-refractivity contribution < 1.29 is 4.79 Å². The number of carbonyl (C=O) groups excluding carboxylic acids is 1. The molecule has 0 bridgehead atoms. The predicted octanol–water partition coefficient (Wildman–Crippen LogP) is 5.48. The number of carbonyl (C=O) groups is 1. The molecule has 0 atom stereocenters. The molecule has 3 heterocycles. The van der Waals surface area contributed by atoms with Gasteiger partial charge in [0.2, 0.25) is 5.91 Å². The molecule has 0 spiro atoms. The van der Waals surface area contributed by atoms with Crippen molar-refractivity contribution in [1.29, 1.82) is 0 Å². The molecule has 1 saturated carbocycles. The summed E-state index contributed by atoms with van der Waals surface area (Å²) < 4.78 is 2.11. The number of hydrogen-bond acceptors (Lipinski definition) is 6. The summed E-state index contributed by atoms with van der Waals surface area (Å²) in [6, 6.07) is 7.24. The van der Waals surface area contributed by atoms with E-state index in [-0.39, 0.29) is 11.7 Å². The number of fused-ring (bicyclic) bond motifs is 5. The number of halogens is 1. The molecule has 2 aliphatic carbocycles. The molecule has 9 heteroatoms. The quantitative estimate of drug-likeness (QED) is 0.392. The Morgan fingerprint density at radius 2 is 2.06 bits per heavy atom. The molecular weight excluding hydrogens is 450 g/mol. The van der Waals surface area contributed by atoms with Gasteiger partial charge in [-0.1, -0.05) is 35.5 Å². The van der Waals surface area contributed by atoms with E-state index in [1.165, 1.54) is 40.4 Å². The zero-order valence-electron chi connectivity index (χ0n) is 16.7. The Labute approximate surface area is 192 Å². The number of aromatic nitrogens is 4. The SMILES string of the molecule is O=C(CSc1nnc2c3c4c(sc3nc(C3CC3)n12)CCCC4)Nc1ccccc1Cl. The standard InChI is InChI=1S/C22H20ClN5OS2/c23-14-6-2-3-7-15(14)24-17(29)11-30-22-27-26-20-18-13-5-1-4-8-16(13)31-21(18)25-19(28(20)22)12-9-10-12/h2-3,6-7,12H,1,4-5,8-11H2,(H,24,29). The molecule has 0 aliphatic heterocycles. The van der Waals surface area contributed by atoms with E-state index in [4.69, 9.17) is 16.6 Å². The Morgan fingerprint density at radius 1 is 1.23 bits per heavy atom. The summed E-state index contributed by atoms with van der Waals surface area (Å²) in [7, 11) is 0. The van der Waals surface area contributed by atoms with Crippen molar-refractivity contribution in [1.82, 2.24) is 19.6 Å². The van der Waals surface area contributed by atoms with Gasteiger partial charge in [-0.15, -0.1) is 21.5 Å². The number of nitrogens with zero attached hydrogens (tertiary/aromatic N) is 4. The second kappa shape index (κ2) is 7.76. The fourth-order valence-electron chi connectivity index (χ4n) is 4.24. The molecule has 2 aliphatic rings. The molecule has 0 saturated heterocycles. The molecule has 4 aromatic rings. The van der Waals surface area contributed by atoms with Gasteiger partial charge < -0.3 is 5.32 Å². The van der Waals surface area contributed by atoms with Gasteiger partial charge in [-0.05, 0) is 56.2 Å². The third-order valence-electron chi connectivity index (χ3n) is 5.88. The minimum atomic E-state index is -0.121. The van der Waals surface area contributed by atoms with Crippen molar-refractivity contribution in [2.45, 2.75) is 49.6 Å². The Kier molecular flexibility index (Phi) is 4.89. The van der Waals surface area contributed by atoms with Gasteiger partial charge in [-0.2, -0.15) is 0 Å². The van der Waals surface area contributed by atoms with Crippen LogP contribution in [0.2, 0.25) is 5.02 Å². The minimum Gasteiger partial charge on any atom is -0.324 e. The molecule has 6 nitrogen and oxygen atoms in total. The number of rotatable bonds is 5. The lowest BCUT2D eigenvalue weighted by atomic mass is 9.97. The Morgan fingerprint density at radius 3 is 2.90 bits per heavy atom. The van der Waals surface area contributed by atoms with Crippen molar-refractivity contribution in [2.24, 2.45) is 0 Å². The fourth-order valence-corrected chi connectivity index (χ4v) is 6.43. The van der Waals surface area contributed by atoms with E-state index in [0.717, 1.165) is 47.1 Å². The van der Waals surface area contributed by atoms with Crippen molar-refractivity contribution >= 4 is 62.2 Å². The number of para-hydroxylation sites is 1. The monoisotopic (exact) mass is 469 g/mol. The summed E-state index contributed by atoms with van der Waals surface area (Å²) in [4.78, 5) is 20.2. The van der Waals surface area contributed by atoms with Gasteiger partial charge in [0.15, 0.2) is 10.8 Å². The zero-order chi connectivity index (χ0) is 20.9. The van der Waals surface area contributed by atoms with E-state index < -0.39 is 0 Å². The maximum absolute atomic E-state index is 12.5. The summed E-state index contributed by atoms with van der Waals surface area (Å²) in [6.45, 7) is 0. The highest BCUT2D eigenvalue weighted by molar-refractivity contribution is 7.99. The first kappa shape index (κ1) is 19.5. The molecule has 158 valence electrons. The Balaban J connectivity index is 1.35. The van der Waals surface area contributed by atoms with Gasteiger partial charge in [0.05, 0.1) is 21.8 Å². The average molecular weight is 470 g/mol. The van der Waals surface area contributed by atoms with E-state index in [2.05, 4.69) is 19.9 Å². The lowest BCUT2D eigenvalue weighted by Gasteiger charge is -2.11. The lowest BCUT2D eigenvalue weighted by molar-refractivity contribution is -0.113. The lowest BCUT2D eigenvalue weighted by Crippen LogP contribution is -2.14. The largest absolute Gasteiger partial charge is 0.324 e. The van der Waals surface area contributed by atoms with Crippen molar-refractivity contribution in [2.75, 3.05) is 11.1 Å². The van der Waals surface area contributed by atoms with Crippen molar-refractivity contribution in [3.05, 3.63) is 45.6 Å². The molecule has 1 fully saturated rings. The molecule has 1 amide bonds. The third-order valence-corrected chi connectivity index (χ3v) is 8.32. The molecule has 3 aromatic heterocycles. The van der Waals surface area contributed by atoms with Gasteiger partial charge in [0.1, 0.15) is 10.7 Å².